The van der Waals surface area contributed by atoms with Gasteiger partial charge in [-0.2, -0.15) is 0 Å². The molecule has 0 saturated carbocycles. The molecule has 3 N–H and O–H groups in total. The fourth-order valence-electron chi connectivity index (χ4n) is 0.841. The molecule has 0 aromatic carbocycles. The van der Waals surface area contributed by atoms with Crippen molar-refractivity contribution in [2.45, 2.75) is 33.2 Å². The molecule has 0 aliphatic heterocycles. The summed E-state index contributed by atoms with van der Waals surface area (Å²) in [6, 6.07) is 0. The van der Waals surface area contributed by atoms with Crippen molar-refractivity contribution in [2.75, 3.05) is 13.2 Å². The first-order chi connectivity index (χ1) is 6.79. The highest BCUT2D eigenvalue weighted by Gasteiger charge is 2.23. The van der Waals surface area contributed by atoms with E-state index in [1.807, 2.05) is 0 Å². The first-order valence-electron chi connectivity index (χ1n) is 5.02. The summed E-state index contributed by atoms with van der Waals surface area (Å²) in [5.74, 6) is -0.942. The number of esters is 1. The third-order valence-corrected chi connectivity index (χ3v) is 1.84. The fourth-order valence-corrected chi connectivity index (χ4v) is 0.841. The van der Waals surface area contributed by atoms with Crippen molar-refractivity contribution in [3.05, 3.63) is 0 Å². The van der Waals surface area contributed by atoms with Crippen LogP contribution < -0.4 is 11.1 Å². The largest absolute Gasteiger partial charge is 0.466 e. The van der Waals surface area contributed by atoms with Gasteiger partial charge in [0, 0.05) is 6.54 Å². The van der Waals surface area contributed by atoms with Crippen LogP contribution in [-0.4, -0.2) is 30.6 Å². The summed E-state index contributed by atoms with van der Waals surface area (Å²) in [6.07, 6.45) is 0. The lowest BCUT2D eigenvalue weighted by atomic mass is 10.1. The lowest BCUT2D eigenvalue weighted by molar-refractivity contribution is -0.147. The lowest BCUT2D eigenvalue weighted by Crippen LogP contribution is -2.50. The highest BCUT2D eigenvalue weighted by Crippen LogP contribution is 1.99. The summed E-state index contributed by atoms with van der Waals surface area (Å²) in [5.41, 5.74) is 4.65. The molecule has 5 heteroatoms. The second-order valence-electron chi connectivity index (χ2n) is 4.08. The number of hydrogen-bond acceptors (Lipinski definition) is 4. The van der Waals surface area contributed by atoms with E-state index >= 15 is 0 Å². The molecule has 0 bridgehead atoms. The molecule has 5 nitrogen and oxygen atoms in total. The Morgan fingerprint density at radius 3 is 2.40 bits per heavy atom. The topological polar surface area (TPSA) is 81.4 Å². The zero-order valence-corrected chi connectivity index (χ0v) is 9.79. The molecule has 0 aromatic rings. The Morgan fingerprint density at radius 2 is 2.00 bits per heavy atom. The average Bonchev–Trinajstić information content (AvgIpc) is 2.12. The molecule has 0 aromatic heterocycles. The zero-order chi connectivity index (χ0) is 12.1. The first kappa shape index (κ1) is 13.9. The van der Waals surface area contributed by atoms with Crippen molar-refractivity contribution in [3.63, 3.8) is 0 Å². The summed E-state index contributed by atoms with van der Waals surface area (Å²) in [7, 11) is 0. The van der Waals surface area contributed by atoms with Crippen LogP contribution in [0.25, 0.3) is 0 Å². The number of hydrogen-bond donors (Lipinski definition) is 2. The van der Waals surface area contributed by atoms with Gasteiger partial charge in [-0.3, -0.25) is 9.59 Å². The van der Waals surface area contributed by atoms with Crippen LogP contribution in [0, 0.1) is 5.92 Å². The number of nitrogens with two attached hydrogens (primary N) is 1. The molecular formula is C10H20N2O3. The van der Waals surface area contributed by atoms with E-state index in [-0.39, 0.29) is 24.3 Å². The lowest BCUT2D eigenvalue weighted by Gasteiger charge is -2.19. The minimum Gasteiger partial charge on any atom is -0.466 e. The molecule has 1 amide bonds. The van der Waals surface area contributed by atoms with Gasteiger partial charge in [0.2, 0.25) is 5.91 Å². The van der Waals surface area contributed by atoms with Crippen molar-refractivity contribution in [1.82, 2.24) is 5.32 Å². The van der Waals surface area contributed by atoms with Crippen LogP contribution in [0.4, 0.5) is 0 Å². The van der Waals surface area contributed by atoms with Gasteiger partial charge in [0.1, 0.15) is 0 Å². The van der Waals surface area contributed by atoms with Gasteiger partial charge in [-0.15, -0.1) is 0 Å². The quantitative estimate of drug-likeness (QED) is 0.636. The van der Waals surface area contributed by atoms with Crippen LogP contribution in [0.5, 0.6) is 0 Å². The molecule has 1 atom stereocenters. The normalized spacial score (nSPS) is 13.1. The molecule has 0 aliphatic rings. The van der Waals surface area contributed by atoms with Gasteiger partial charge in [-0.05, 0) is 20.8 Å². The standard InChI is InChI=1S/C10H20N2O3/c1-5-15-8(13)7(2)6-12-9(14)10(3,4)11/h7H,5-6,11H2,1-4H3,(H,12,14). The number of ether oxygens (including phenoxy) is 1. The summed E-state index contributed by atoms with van der Waals surface area (Å²) in [5, 5.41) is 2.60. The smallest absolute Gasteiger partial charge is 0.310 e. The summed E-state index contributed by atoms with van der Waals surface area (Å²) in [4.78, 5) is 22.6. The van der Waals surface area contributed by atoms with Crippen LogP contribution in [0.1, 0.15) is 27.7 Å². The van der Waals surface area contributed by atoms with Gasteiger partial charge < -0.3 is 15.8 Å². The van der Waals surface area contributed by atoms with Crippen molar-refractivity contribution in [2.24, 2.45) is 11.7 Å². The average molecular weight is 216 g/mol. The van der Waals surface area contributed by atoms with Crippen LogP contribution in [0.3, 0.4) is 0 Å². The Bertz CT molecular complexity index is 233. The Balaban J connectivity index is 3.96. The fraction of sp³-hybridized carbons (Fsp3) is 0.800. The number of rotatable bonds is 5. The van der Waals surface area contributed by atoms with Crippen molar-refractivity contribution in [3.8, 4) is 0 Å². The Morgan fingerprint density at radius 1 is 1.47 bits per heavy atom. The van der Waals surface area contributed by atoms with Gasteiger partial charge in [-0.1, -0.05) is 6.92 Å². The van der Waals surface area contributed by atoms with Crippen LogP contribution in [0.15, 0.2) is 0 Å². The van der Waals surface area contributed by atoms with E-state index in [9.17, 15) is 9.59 Å². The maximum atomic E-state index is 11.4. The number of carbonyl (C=O) groups is 2. The molecule has 0 saturated heterocycles. The summed E-state index contributed by atoms with van der Waals surface area (Å²) < 4.78 is 4.80. The molecule has 0 rings (SSSR count). The van der Waals surface area contributed by atoms with E-state index in [0.717, 1.165) is 0 Å². The van der Waals surface area contributed by atoms with Crippen molar-refractivity contribution in [1.29, 1.82) is 0 Å². The minimum atomic E-state index is -0.922. The van der Waals surface area contributed by atoms with Gasteiger partial charge in [0.05, 0.1) is 18.1 Å². The second-order valence-corrected chi connectivity index (χ2v) is 4.08. The monoisotopic (exact) mass is 216 g/mol. The zero-order valence-electron chi connectivity index (χ0n) is 9.79. The third-order valence-electron chi connectivity index (χ3n) is 1.84. The number of amides is 1. The van der Waals surface area contributed by atoms with Gasteiger partial charge in [-0.25, -0.2) is 0 Å². The van der Waals surface area contributed by atoms with Crippen LogP contribution in [0.2, 0.25) is 0 Å². The van der Waals surface area contributed by atoms with Crippen LogP contribution in [-0.2, 0) is 14.3 Å². The van der Waals surface area contributed by atoms with Crippen molar-refractivity contribution >= 4 is 11.9 Å². The number of nitrogens with one attached hydrogen (secondary N) is 1. The van der Waals surface area contributed by atoms with E-state index in [1.165, 1.54) is 0 Å². The third kappa shape index (κ3) is 5.37. The molecule has 0 radical (unpaired) electrons. The molecule has 88 valence electrons. The number of carbonyl (C=O) groups excluding carboxylic acids is 2. The Kier molecular flexibility index (Phi) is 5.28. The predicted octanol–water partition coefficient (Wildman–Crippen LogP) is 0.0391. The SMILES string of the molecule is CCOC(=O)C(C)CNC(=O)C(C)(C)N. The van der Waals surface area contributed by atoms with Crippen LogP contribution >= 0.6 is 0 Å². The van der Waals surface area contributed by atoms with E-state index in [1.54, 1.807) is 27.7 Å². The van der Waals surface area contributed by atoms with Crippen molar-refractivity contribution < 1.29 is 14.3 Å². The first-order valence-corrected chi connectivity index (χ1v) is 5.02. The molecule has 0 fully saturated rings. The van der Waals surface area contributed by atoms with Gasteiger partial charge in [0.25, 0.3) is 0 Å². The summed E-state index contributed by atoms with van der Waals surface area (Å²) in [6.45, 7) is 7.25. The predicted molar refractivity (Wildman–Crippen MR) is 57.1 cm³/mol. The van der Waals surface area contributed by atoms with E-state index < -0.39 is 5.54 Å². The highest BCUT2D eigenvalue weighted by atomic mass is 16.5. The minimum absolute atomic E-state index is 0.248. The Labute approximate surface area is 90.4 Å². The van der Waals surface area contributed by atoms with Gasteiger partial charge in [0.15, 0.2) is 0 Å². The Hall–Kier alpha value is -1.10. The van der Waals surface area contributed by atoms with Gasteiger partial charge >= 0.3 is 5.97 Å². The van der Waals surface area contributed by atoms with E-state index in [2.05, 4.69) is 5.32 Å². The molecule has 0 spiro atoms. The van der Waals surface area contributed by atoms with E-state index in [4.69, 9.17) is 10.5 Å². The molecule has 0 aliphatic carbocycles. The molecule has 0 heterocycles. The highest BCUT2D eigenvalue weighted by molar-refractivity contribution is 5.85. The molecule has 15 heavy (non-hydrogen) atoms. The maximum absolute atomic E-state index is 11.4. The summed E-state index contributed by atoms with van der Waals surface area (Å²) >= 11 is 0. The molecular weight excluding hydrogens is 196 g/mol. The second kappa shape index (κ2) is 5.70. The maximum Gasteiger partial charge on any atom is 0.310 e. The molecule has 1 unspecified atom stereocenters. The van der Waals surface area contributed by atoms with E-state index in [0.29, 0.717) is 6.61 Å².